The Labute approximate surface area is 704 Å². The molecule has 570 valence electrons. The second kappa shape index (κ2) is 28.8. The summed E-state index contributed by atoms with van der Waals surface area (Å²) in [7, 11) is 0. The zero-order valence-corrected chi connectivity index (χ0v) is 66.3. The van der Waals surface area contributed by atoms with Gasteiger partial charge < -0.3 is 27.8 Å². The van der Waals surface area contributed by atoms with Crippen LogP contribution >= 0.6 is 0 Å². The van der Waals surface area contributed by atoms with Crippen molar-refractivity contribution in [1.29, 1.82) is 0 Å². The third kappa shape index (κ3) is 11.6. The highest BCUT2D eigenvalue weighted by Gasteiger charge is 2.28. The van der Waals surface area contributed by atoms with Crippen LogP contribution in [0.2, 0.25) is 0 Å². The standard InChI is InChI=1S/C116H74N4O2/c1-2-31-77-69-79(64-63-75(77)29-1)78-33-23-36-84(70-78)117(85-37-24-34-82(71-85)88-40-5-14-54-104(88)119-108-58-18-7-42-92(108)93-43-8-19-59-109(93)119)105-55-15-11-46-96(105)100-50-28-53-103-99-68-66-81(74-114(99)122-116(100)103)80-65-67-89(112(73-80)120-110-60-20-9-44-94(110)95-45-10-21-61-111(95)120)83-35-25-38-86(72-83)118(106-56-16-6-41-91(106)90-49-26-32-76-30-3-4-39-87(76)90)107-57-17-12-47-97(107)101-51-27-52-102-98-48-13-22-62-113(98)121-115(101)102/h1-74H. The van der Waals surface area contributed by atoms with Gasteiger partial charge in [-0.05, 0) is 176 Å². The van der Waals surface area contributed by atoms with E-state index in [2.05, 4.69) is 462 Å². The largest absolute Gasteiger partial charge is 0.455 e. The second-order valence-electron chi connectivity index (χ2n) is 31.7. The molecule has 0 spiro atoms. The molecule has 24 rings (SSSR count). The number of benzene rings is 20. The SMILES string of the molecule is c1cc(-c2ccc3ccccc3c2)cc(N(c2cccc(-c3ccccc3-n3c4ccccc4c4ccccc43)c2)c2ccccc2-c2cccc3c2oc2cc(-c4ccc(-c5cccc(N(c6ccccc6-c6cccc7ccccc67)c6ccccc6-c6cccc7c6oc6ccccc67)c5)c(-n5c6ccccc6c6ccccc65)c4)ccc23)c1. The van der Waals surface area contributed by atoms with Crippen molar-refractivity contribution in [3.05, 3.63) is 449 Å². The lowest BCUT2D eigenvalue weighted by Gasteiger charge is -2.30. The van der Waals surface area contributed by atoms with Gasteiger partial charge in [-0.2, -0.15) is 0 Å². The molecule has 4 aromatic heterocycles. The number of anilines is 6. The average molecular weight is 1560 g/mol. The summed E-state index contributed by atoms with van der Waals surface area (Å²) in [5.74, 6) is 0. The van der Waals surface area contributed by atoms with Gasteiger partial charge in [-0.1, -0.05) is 334 Å². The molecule has 0 radical (unpaired) electrons. The Kier molecular flexibility index (Phi) is 16.5. The van der Waals surface area contributed by atoms with Crippen molar-refractivity contribution < 1.29 is 8.83 Å². The fourth-order valence-corrected chi connectivity index (χ4v) is 19.4. The number of hydrogen-bond donors (Lipinski definition) is 0. The molecule has 20 aromatic carbocycles. The van der Waals surface area contributed by atoms with Crippen molar-refractivity contribution in [1.82, 2.24) is 9.13 Å². The van der Waals surface area contributed by atoms with Crippen LogP contribution in [-0.2, 0) is 0 Å². The number of rotatable bonds is 15. The maximum Gasteiger partial charge on any atom is 0.143 e. The molecular weight excluding hydrogens is 1480 g/mol. The molecule has 0 bridgehead atoms. The van der Waals surface area contributed by atoms with Gasteiger partial charge in [0.25, 0.3) is 0 Å². The number of para-hydroxylation sites is 11. The molecule has 0 fully saturated rings. The molecule has 24 aromatic rings. The van der Waals surface area contributed by atoms with Gasteiger partial charge in [-0.15, -0.1) is 0 Å². The van der Waals surface area contributed by atoms with Crippen molar-refractivity contribution in [3.8, 4) is 89.3 Å². The van der Waals surface area contributed by atoms with Crippen LogP contribution in [0.1, 0.15) is 0 Å². The van der Waals surface area contributed by atoms with Crippen LogP contribution in [0.3, 0.4) is 0 Å². The van der Waals surface area contributed by atoms with Crippen molar-refractivity contribution in [2.75, 3.05) is 9.80 Å². The third-order valence-electron chi connectivity index (χ3n) is 24.9. The maximum atomic E-state index is 7.46. The Morgan fingerprint density at radius 1 is 0.172 bits per heavy atom. The highest BCUT2D eigenvalue weighted by molar-refractivity contribution is 6.16. The molecule has 0 N–H and O–H groups in total. The number of hydrogen-bond acceptors (Lipinski definition) is 4. The predicted octanol–water partition coefficient (Wildman–Crippen LogP) is 32.6. The second-order valence-corrected chi connectivity index (χ2v) is 31.7. The summed E-state index contributed by atoms with van der Waals surface area (Å²) in [5.41, 5.74) is 31.2. The monoisotopic (exact) mass is 1550 g/mol. The van der Waals surface area contributed by atoms with E-state index in [4.69, 9.17) is 8.83 Å². The van der Waals surface area contributed by atoms with Gasteiger partial charge in [0.05, 0.1) is 50.5 Å². The quantitative estimate of drug-likeness (QED) is 0.103. The van der Waals surface area contributed by atoms with Gasteiger partial charge in [0, 0.05) is 99.1 Å². The summed E-state index contributed by atoms with van der Waals surface area (Å²) in [4.78, 5) is 4.91. The fraction of sp³-hybridized carbons (Fsp3) is 0. The minimum absolute atomic E-state index is 0.799. The van der Waals surface area contributed by atoms with Crippen LogP contribution in [0, 0.1) is 0 Å². The Hall–Kier alpha value is -16.3. The number of fused-ring (bicyclic) bond motifs is 14. The average Bonchev–Trinajstić information content (AvgIpc) is 1.40. The normalized spacial score (nSPS) is 11.8. The molecule has 0 aliphatic carbocycles. The molecule has 6 nitrogen and oxygen atoms in total. The lowest BCUT2D eigenvalue weighted by Crippen LogP contribution is -2.12. The van der Waals surface area contributed by atoms with E-state index in [0.717, 1.165) is 178 Å². The minimum atomic E-state index is 0.799. The van der Waals surface area contributed by atoms with E-state index in [1.807, 2.05) is 6.07 Å². The predicted molar refractivity (Wildman–Crippen MR) is 512 cm³/mol. The summed E-state index contributed by atoms with van der Waals surface area (Å²) in [5, 5.41) is 13.8. The van der Waals surface area contributed by atoms with Crippen LogP contribution in [0.5, 0.6) is 0 Å². The summed E-state index contributed by atoms with van der Waals surface area (Å²) < 4.78 is 19.2. The molecule has 0 aliphatic rings. The third-order valence-corrected chi connectivity index (χ3v) is 24.9. The van der Waals surface area contributed by atoms with E-state index in [1.54, 1.807) is 0 Å². The highest BCUT2D eigenvalue weighted by atomic mass is 16.3. The van der Waals surface area contributed by atoms with Crippen LogP contribution in [0.4, 0.5) is 34.1 Å². The zero-order chi connectivity index (χ0) is 80.3. The lowest BCUT2D eigenvalue weighted by atomic mass is 9.94. The first-order valence-electron chi connectivity index (χ1n) is 41.8. The summed E-state index contributed by atoms with van der Waals surface area (Å²) in [6.07, 6.45) is 0. The van der Waals surface area contributed by atoms with Crippen LogP contribution in [0.25, 0.3) is 198 Å². The van der Waals surface area contributed by atoms with Gasteiger partial charge in [0.1, 0.15) is 22.3 Å². The highest BCUT2D eigenvalue weighted by Crippen LogP contribution is 2.52. The molecule has 0 aliphatic heterocycles. The van der Waals surface area contributed by atoms with E-state index in [-0.39, 0.29) is 0 Å². The summed E-state index contributed by atoms with van der Waals surface area (Å²) >= 11 is 0. The van der Waals surface area contributed by atoms with Crippen LogP contribution in [0.15, 0.2) is 458 Å². The summed E-state index contributed by atoms with van der Waals surface area (Å²) in [6, 6.07) is 164. The number of furan rings is 2. The van der Waals surface area contributed by atoms with E-state index < -0.39 is 0 Å². The molecule has 0 saturated carbocycles. The maximum absolute atomic E-state index is 7.46. The van der Waals surface area contributed by atoms with E-state index in [1.165, 1.54) is 54.1 Å². The van der Waals surface area contributed by atoms with E-state index >= 15 is 0 Å². The lowest BCUT2D eigenvalue weighted by molar-refractivity contribution is 0.669. The topological polar surface area (TPSA) is 42.6 Å². The molecular formula is C116H74N4O2. The molecule has 6 heteroatoms. The van der Waals surface area contributed by atoms with Gasteiger partial charge in [-0.25, -0.2) is 0 Å². The molecule has 122 heavy (non-hydrogen) atoms. The van der Waals surface area contributed by atoms with Crippen molar-refractivity contribution in [2.45, 2.75) is 0 Å². The fourth-order valence-electron chi connectivity index (χ4n) is 19.4. The number of nitrogens with zero attached hydrogens (tertiary/aromatic N) is 4. The van der Waals surface area contributed by atoms with E-state index in [0.29, 0.717) is 0 Å². The van der Waals surface area contributed by atoms with Crippen LogP contribution in [-0.4, -0.2) is 9.13 Å². The Bertz CT molecular complexity index is 8220. The van der Waals surface area contributed by atoms with Crippen LogP contribution < -0.4 is 9.80 Å². The zero-order valence-electron chi connectivity index (χ0n) is 66.3. The van der Waals surface area contributed by atoms with Crippen molar-refractivity contribution >= 4 is 143 Å². The summed E-state index contributed by atoms with van der Waals surface area (Å²) in [6.45, 7) is 0. The first-order chi connectivity index (χ1) is 60.5. The molecule has 0 saturated heterocycles. The first kappa shape index (κ1) is 70.0. The molecule has 0 amide bonds. The Morgan fingerprint density at radius 3 is 1.15 bits per heavy atom. The minimum Gasteiger partial charge on any atom is -0.455 e. The molecule has 0 atom stereocenters. The molecule has 0 unspecified atom stereocenters. The Balaban J connectivity index is 0.657. The van der Waals surface area contributed by atoms with Crippen molar-refractivity contribution in [2.24, 2.45) is 0 Å². The smallest absolute Gasteiger partial charge is 0.143 e. The van der Waals surface area contributed by atoms with Gasteiger partial charge >= 0.3 is 0 Å². The van der Waals surface area contributed by atoms with E-state index in [9.17, 15) is 0 Å². The van der Waals surface area contributed by atoms with Gasteiger partial charge in [-0.3, -0.25) is 0 Å². The molecule has 4 heterocycles. The van der Waals surface area contributed by atoms with Gasteiger partial charge in [0.15, 0.2) is 0 Å². The number of aromatic nitrogens is 2. The van der Waals surface area contributed by atoms with Gasteiger partial charge in [0.2, 0.25) is 0 Å². The van der Waals surface area contributed by atoms with Crippen molar-refractivity contribution in [3.63, 3.8) is 0 Å². The Morgan fingerprint density at radius 2 is 0.533 bits per heavy atom. The first-order valence-corrected chi connectivity index (χ1v) is 41.8.